The molecule has 0 saturated carbocycles. The van der Waals surface area contributed by atoms with E-state index in [2.05, 4.69) is 14.9 Å². The second-order valence-corrected chi connectivity index (χ2v) is 15.5. The maximum Gasteiger partial charge on any atom is 0.272 e. The van der Waals surface area contributed by atoms with E-state index in [4.69, 9.17) is 9.47 Å². The zero-order chi connectivity index (χ0) is 35.5. The van der Waals surface area contributed by atoms with Gasteiger partial charge in [-0.25, -0.2) is 13.8 Å². The van der Waals surface area contributed by atoms with Crippen LogP contribution in [0.4, 0.5) is 20.2 Å². The number of nitro groups is 1. The van der Waals surface area contributed by atoms with Crippen LogP contribution in [-0.2, 0) is 15.3 Å². The van der Waals surface area contributed by atoms with E-state index in [9.17, 15) is 28.5 Å². The van der Waals surface area contributed by atoms with Crippen LogP contribution in [-0.4, -0.2) is 101 Å². The molecule has 4 aliphatic rings. The molecule has 0 bridgehead atoms. The molecule has 4 aliphatic heterocycles. The molecule has 5 heterocycles. The first-order valence-corrected chi connectivity index (χ1v) is 19.0. The summed E-state index contributed by atoms with van der Waals surface area (Å²) in [6.07, 6.45) is 5.82. The van der Waals surface area contributed by atoms with Gasteiger partial charge in [-0.15, -0.1) is 0 Å². The second-order valence-electron chi connectivity index (χ2n) is 14.2. The van der Waals surface area contributed by atoms with Crippen LogP contribution < -0.4 is 15.2 Å². The number of nitrogens with zero attached hydrogens (tertiary/aromatic N) is 5. The van der Waals surface area contributed by atoms with Crippen LogP contribution in [0, 0.1) is 33.6 Å². The third-order valence-corrected chi connectivity index (χ3v) is 12.2. The monoisotopic (exact) mass is 726 g/mol. The number of nitrogens with one attached hydrogen (secondary N) is 1. The molecule has 3 aromatic rings. The Hall–Kier alpha value is -3.82. The van der Waals surface area contributed by atoms with Crippen LogP contribution in [0.25, 0.3) is 10.9 Å². The number of amides is 1. The minimum absolute atomic E-state index is 0.0645. The number of non-ortho nitro benzene ring substituents is 1. The Labute approximate surface area is 299 Å². The predicted octanol–water partition coefficient (Wildman–Crippen LogP) is 5.13. The summed E-state index contributed by atoms with van der Waals surface area (Å²) in [6, 6.07) is 7.10. The van der Waals surface area contributed by atoms with Crippen molar-refractivity contribution in [2.24, 2.45) is 11.8 Å². The average Bonchev–Trinajstić information content (AvgIpc) is 3.11. The van der Waals surface area contributed by atoms with Crippen LogP contribution >= 0.6 is 11.8 Å². The van der Waals surface area contributed by atoms with Gasteiger partial charge in [-0.05, 0) is 56.4 Å². The molecule has 274 valence electrons. The van der Waals surface area contributed by atoms with E-state index in [1.54, 1.807) is 17.8 Å². The van der Waals surface area contributed by atoms with Gasteiger partial charge in [-0.2, -0.15) is 11.8 Å². The number of aromatic amines is 1. The van der Waals surface area contributed by atoms with Gasteiger partial charge in [0.2, 0.25) is 5.91 Å². The lowest BCUT2D eigenvalue weighted by molar-refractivity contribution is -0.385. The van der Waals surface area contributed by atoms with Crippen LogP contribution in [0.2, 0.25) is 0 Å². The summed E-state index contributed by atoms with van der Waals surface area (Å²) in [5, 5.41) is 11.3. The highest BCUT2D eigenvalue weighted by atomic mass is 32.2. The Kier molecular flexibility index (Phi) is 11.0. The number of carbonyl (C=O) groups is 1. The molecule has 0 radical (unpaired) electrons. The number of aromatic nitrogens is 2. The lowest BCUT2D eigenvalue weighted by atomic mass is 9.90. The van der Waals surface area contributed by atoms with E-state index in [1.165, 1.54) is 18.2 Å². The van der Waals surface area contributed by atoms with Crippen molar-refractivity contribution in [2.45, 2.75) is 62.0 Å². The maximum atomic E-state index is 15.0. The highest BCUT2D eigenvalue weighted by Gasteiger charge is 2.36. The highest BCUT2D eigenvalue weighted by Crippen LogP contribution is 2.32. The van der Waals surface area contributed by atoms with Gasteiger partial charge in [-0.3, -0.25) is 24.6 Å². The smallest absolute Gasteiger partial charge is 0.272 e. The topological polar surface area (TPSA) is 134 Å². The molecular weight excluding hydrogens is 682 g/mol. The quantitative estimate of drug-likeness (QED) is 0.210. The normalized spacial score (nSPS) is 20.1. The molecule has 4 fully saturated rings. The maximum absolute atomic E-state index is 15.0. The number of ether oxygens (including phenoxy) is 2. The molecule has 1 aromatic heterocycles. The van der Waals surface area contributed by atoms with Crippen molar-refractivity contribution in [3.63, 3.8) is 0 Å². The predicted molar refractivity (Wildman–Crippen MR) is 190 cm³/mol. The van der Waals surface area contributed by atoms with Crippen molar-refractivity contribution in [1.29, 1.82) is 0 Å². The zero-order valence-corrected chi connectivity index (χ0v) is 29.4. The van der Waals surface area contributed by atoms with Crippen molar-refractivity contribution < 1.29 is 28.0 Å². The third-order valence-electron chi connectivity index (χ3n) is 10.8. The fraction of sp³-hybridized carbons (Fsp3) is 0.583. The molecule has 4 saturated heterocycles. The Balaban J connectivity index is 0.822. The molecule has 0 aliphatic carbocycles. The van der Waals surface area contributed by atoms with Crippen molar-refractivity contribution in [1.82, 2.24) is 19.8 Å². The van der Waals surface area contributed by atoms with Crippen LogP contribution in [0.1, 0.15) is 50.8 Å². The molecule has 0 unspecified atom stereocenters. The van der Waals surface area contributed by atoms with Gasteiger partial charge in [0.15, 0.2) is 5.82 Å². The number of piperidine rings is 2. The fourth-order valence-corrected chi connectivity index (χ4v) is 8.81. The average molecular weight is 727 g/mol. The minimum Gasteiger partial charge on any atom is -0.493 e. The fourth-order valence-electron chi connectivity index (χ4n) is 7.75. The largest absolute Gasteiger partial charge is 0.493 e. The van der Waals surface area contributed by atoms with Gasteiger partial charge in [0.1, 0.15) is 22.8 Å². The Bertz CT molecular complexity index is 1790. The summed E-state index contributed by atoms with van der Waals surface area (Å²) < 4.78 is 40.9. The number of benzene rings is 2. The number of nitro benzene ring substituents is 1. The number of halogens is 2. The van der Waals surface area contributed by atoms with Gasteiger partial charge in [0.25, 0.3) is 11.2 Å². The van der Waals surface area contributed by atoms with Crippen molar-refractivity contribution in [2.75, 3.05) is 64.0 Å². The van der Waals surface area contributed by atoms with Gasteiger partial charge in [0.05, 0.1) is 34.6 Å². The van der Waals surface area contributed by atoms with E-state index in [1.807, 2.05) is 9.80 Å². The number of likely N-dealkylation sites (tertiary alicyclic amines) is 2. The van der Waals surface area contributed by atoms with Crippen molar-refractivity contribution >= 4 is 39.9 Å². The van der Waals surface area contributed by atoms with Crippen molar-refractivity contribution in [3.05, 3.63) is 68.3 Å². The summed E-state index contributed by atoms with van der Waals surface area (Å²) in [4.78, 5) is 49.7. The molecule has 1 N–H and O–H groups in total. The number of hydrogen-bond acceptors (Lipinski definition) is 10. The summed E-state index contributed by atoms with van der Waals surface area (Å²) in [5.41, 5.74) is -0.0412. The van der Waals surface area contributed by atoms with E-state index >= 15 is 0 Å². The molecule has 12 nitrogen and oxygen atoms in total. The summed E-state index contributed by atoms with van der Waals surface area (Å²) in [7, 11) is 0. The molecule has 51 heavy (non-hydrogen) atoms. The first-order valence-electron chi connectivity index (χ1n) is 18.0. The van der Waals surface area contributed by atoms with E-state index in [-0.39, 0.29) is 28.4 Å². The zero-order valence-electron chi connectivity index (χ0n) is 28.6. The number of rotatable bonds is 11. The van der Waals surface area contributed by atoms with Crippen LogP contribution in [0.15, 0.2) is 35.1 Å². The molecule has 2 aromatic carbocycles. The number of carbonyl (C=O) groups excluding carboxylic acids is 1. The van der Waals surface area contributed by atoms with Crippen LogP contribution in [0.5, 0.6) is 5.75 Å². The molecule has 0 atom stereocenters. The Morgan fingerprint density at radius 3 is 2.45 bits per heavy atom. The lowest BCUT2D eigenvalue weighted by Gasteiger charge is -2.47. The standard InChI is InChI=1S/C36H44F2N6O6S/c37-29-16-26(44(47)48)1-2-32(29)41-11-5-25(6-12-41)43-19-24(20-43)15-34(45)42-9-3-23(4-10-42)21-50-27-17-30(38)35-31(18-27)39-33(40-36(35)46)22-51-28-7-13-49-14-8-28/h1-2,16-18,23-25,28H,3-15,19-22H2,(H,39,40,46). The molecular formula is C36H44F2N6O6S. The van der Waals surface area contributed by atoms with Gasteiger partial charge < -0.3 is 24.3 Å². The number of thioether (sulfide) groups is 1. The number of hydrogen-bond donors (Lipinski definition) is 1. The van der Waals surface area contributed by atoms with Gasteiger partial charge in [0, 0.05) is 88.4 Å². The lowest BCUT2D eigenvalue weighted by Crippen LogP contribution is -2.56. The van der Waals surface area contributed by atoms with E-state index in [0.717, 1.165) is 70.9 Å². The van der Waals surface area contributed by atoms with E-state index < -0.39 is 22.1 Å². The number of anilines is 1. The van der Waals surface area contributed by atoms with Gasteiger partial charge >= 0.3 is 0 Å². The van der Waals surface area contributed by atoms with Crippen LogP contribution in [0.3, 0.4) is 0 Å². The van der Waals surface area contributed by atoms with Crippen molar-refractivity contribution in [3.8, 4) is 5.75 Å². The van der Waals surface area contributed by atoms with E-state index in [0.29, 0.717) is 79.4 Å². The molecule has 0 spiro atoms. The molecule has 15 heteroatoms. The molecule has 7 rings (SSSR count). The second kappa shape index (κ2) is 15.8. The first-order chi connectivity index (χ1) is 24.7. The first kappa shape index (κ1) is 35.6. The molecule has 1 amide bonds. The SMILES string of the molecule is O=C(CC1CN(C2CCN(c3ccc([N+](=O)[O-])cc3F)CC2)C1)N1CCC(COc2cc(F)c3c(=O)[nH]c(CSC4CCOCC4)nc3c2)CC1. The Morgan fingerprint density at radius 1 is 1.00 bits per heavy atom. The van der Waals surface area contributed by atoms with Gasteiger partial charge in [-0.1, -0.05) is 0 Å². The summed E-state index contributed by atoms with van der Waals surface area (Å²) in [6.45, 7) is 6.34. The highest BCUT2D eigenvalue weighted by molar-refractivity contribution is 7.99. The third kappa shape index (κ3) is 8.47. The Morgan fingerprint density at radius 2 is 1.75 bits per heavy atom. The summed E-state index contributed by atoms with van der Waals surface area (Å²) >= 11 is 1.73. The minimum atomic E-state index is -0.655. The summed E-state index contributed by atoms with van der Waals surface area (Å²) in [5.74, 6) is 0.923. The number of H-pyrrole nitrogens is 1. The number of fused-ring (bicyclic) bond motifs is 1.